The fourth-order valence-corrected chi connectivity index (χ4v) is 17.9. The first-order chi connectivity index (χ1) is 31.8. The molecule has 0 saturated heterocycles. The predicted molar refractivity (Wildman–Crippen MR) is 247 cm³/mol. The minimum Gasteiger partial charge on any atom is -0.200 e. The average molecular weight is 1040 g/mol. The van der Waals surface area contributed by atoms with Crippen molar-refractivity contribution in [1.29, 1.82) is 0 Å². The zero-order valence-electron chi connectivity index (χ0n) is 39.5. The van der Waals surface area contributed by atoms with Gasteiger partial charge in [-0.3, -0.25) is 0 Å². The van der Waals surface area contributed by atoms with Crippen molar-refractivity contribution < 1.29 is 74.6 Å². The molecule has 0 aliphatic carbocycles. The van der Waals surface area contributed by atoms with E-state index >= 15 is 17.6 Å². The van der Waals surface area contributed by atoms with Crippen LogP contribution in [-0.4, -0.2) is 63.8 Å². The molecule has 0 heterocycles. The molecule has 0 atom stereocenters. The van der Waals surface area contributed by atoms with Crippen LogP contribution in [0.15, 0.2) is 72.8 Å². The van der Waals surface area contributed by atoms with E-state index in [1.807, 2.05) is 0 Å². The number of halogens is 17. The van der Waals surface area contributed by atoms with Gasteiger partial charge < -0.3 is 0 Å². The number of rotatable bonds is 15. The highest BCUT2D eigenvalue weighted by Gasteiger charge is 2.81. The summed E-state index contributed by atoms with van der Waals surface area (Å²) in [7, 11) is -7.48. The lowest BCUT2D eigenvalue weighted by atomic mass is 9.89. The second-order valence-corrected chi connectivity index (χ2v) is 29.8. The number of fused-ring (bicyclic) bond motifs is 4. The van der Waals surface area contributed by atoms with E-state index in [0.717, 1.165) is 0 Å². The van der Waals surface area contributed by atoms with Gasteiger partial charge in [-0.05, 0) is 102 Å². The van der Waals surface area contributed by atoms with Gasteiger partial charge in [-0.1, -0.05) is 116 Å². The molecule has 0 spiro atoms. The summed E-state index contributed by atoms with van der Waals surface area (Å²) < 4.78 is 243. The molecule has 0 aliphatic heterocycles. The number of benzene rings is 5. The summed E-state index contributed by atoms with van der Waals surface area (Å²) in [5.41, 5.74) is 4.35. The highest BCUT2D eigenvalue weighted by molar-refractivity contribution is 6.90. The molecule has 70 heavy (non-hydrogen) atoms. The third-order valence-corrected chi connectivity index (χ3v) is 25.7. The van der Waals surface area contributed by atoms with Gasteiger partial charge in [-0.2, -0.15) is 74.6 Å². The second-order valence-electron chi connectivity index (χ2n) is 19.5. The quantitative estimate of drug-likeness (QED) is 0.0424. The first-order valence-electron chi connectivity index (χ1n) is 22.4. The van der Waals surface area contributed by atoms with Crippen molar-refractivity contribution in [3.8, 4) is 22.9 Å². The fourth-order valence-electron chi connectivity index (χ4n) is 9.37. The Balaban J connectivity index is 1.84. The van der Waals surface area contributed by atoms with Crippen LogP contribution in [0.1, 0.15) is 86.3 Å². The Morgan fingerprint density at radius 3 is 0.886 bits per heavy atom. The molecular weight excluding hydrogens is 992 g/mol. The standard InChI is InChI=1S/C51H51F17Si2/c1-30(2)69(31(3)4,24-20-45(54,55)48(60,61)47(58,59)44(9,52)53)22-18-38-40-26-34-14-10-12-16-36(34)28-42(40)39(43-29-37-17-13-11-15-35(37)27-41(38)43)19-23-70(32(5)6,33(7)8)25-21-46(56,57)49(62,63)50(64,65)51(66,67)68/h10-17,26-33H,20-21,24-25H2,1-9H3. The van der Waals surface area contributed by atoms with Crippen molar-refractivity contribution in [3.05, 3.63) is 83.9 Å². The SMILES string of the molecule is CC(C)[Si](C#Cc1c2cc3ccccc3cc2c(C#C[Si](CCC(F)(F)C(F)(F)C(F)(F)C(F)(F)F)(C(C)C)C(C)C)c2cc3ccccc3cc12)(CCC(F)(F)C(F)(F)C(F)(F)C(C)(F)F)C(C)C. The lowest BCUT2D eigenvalue weighted by Gasteiger charge is -2.39. The molecule has 382 valence electrons. The van der Waals surface area contributed by atoms with E-state index in [-0.39, 0.29) is 11.1 Å². The van der Waals surface area contributed by atoms with Crippen LogP contribution >= 0.6 is 0 Å². The van der Waals surface area contributed by atoms with E-state index in [9.17, 15) is 57.1 Å². The smallest absolute Gasteiger partial charge is 0.200 e. The van der Waals surface area contributed by atoms with Crippen molar-refractivity contribution in [3.63, 3.8) is 0 Å². The van der Waals surface area contributed by atoms with Crippen molar-refractivity contribution in [1.82, 2.24) is 0 Å². The Morgan fingerprint density at radius 2 is 0.657 bits per heavy atom. The predicted octanol–water partition coefficient (Wildman–Crippen LogP) is 18.4. The molecule has 5 rings (SSSR count). The van der Waals surface area contributed by atoms with Gasteiger partial charge in [-0.25, -0.2) is 0 Å². The van der Waals surface area contributed by atoms with Crippen LogP contribution in [0.3, 0.4) is 0 Å². The monoisotopic (exact) mass is 1040 g/mol. The molecular formula is C51H51F17Si2. The van der Waals surface area contributed by atoms with E-state index in [2.05, 4.69) is 22.9 Å². The lowest BCUT2D eigenvalue weighted by molar-refractivity contribution is -0.396. The molecule has 0 aliphatic rings. The Bertz CT molecular complexity index is 2560. The second kappa shape index (κ2) is 18.8. The number of hydrogen-bond donors (Lipinski definition) is 0. The van der Waals surface area contributed by atoms with Crippen molar-refractivity contribution in [2.24, 2.45) is 0 Å². The molecule has 0 amide bonds. The summed E-state index contributed by atoms with van der Waals surface area (Å²) in [6.45, 7) is 12.1. The average Bonchev–Trinajstić information content (AvgIpc) is 3.24. The maximum absolute atomic E-state index is 15.4. The normalized spacial score (nSPS) is 14.4. The van der Waals surface area contributed by atoms with Crippen LogP contribution in [0.4, 0.5) is 74.6 Å². The molecule has 0 unspecified atom stereocenters. The molecule has 0 nitrogen and oxygen atoms in total. The summed E-state index contributed by atoms with van der Waals surface area (Å²) in [6.07, 6.45) is -10.9. The third kappa shape index (κ3) is 9.51. The van der Waals surface area contributed by atoms with Gasteiger partial charge >= 0.3 is 47.6 Å². The van der Waals surface area contributed by atoms with E-state index in [1.165, 1.54) is 0 Å². The van der Waals surface area contributed by atoms with E-state index < -0.39 is 118 Å². The summed E-state index contributed by atoms with van der Waals surface area (Å²) in [5, 5.41) is 4.12. The summed E-state index contributed by atoms with van der Waals surface area (Å²) >= 11 is 0. The van der Waals surface area contributed by atoms with Crippen LogP contribution in [-0.2, 0) is 0 Å². The summed E-state index contributed by atoms with van der Waals surface area (Å²) in [4.78, 5) is 0. The van der Waals surface area contributed by atoms with E-state index in [0.29, 0.717) is 43.1 Å². The summed E-state index contributed by atoms with van der Waals surface area (Å²) in [6, 6.07) is 19.2. The van der Waals surface area contributed by atoms with Crippen molar-refractivity contribution in [2.45, 2.75) is 157 Å². The highest BCUT2D eigenvalue weighted by Crippen LogP contribution is 2.57. The first-order valence-corrected chi connectivity index (χ1v) is 27.1. The van der Waals surface area contributed by atoms with Crippen molar-refractivity contribution >= 4 is 59.2 Å². The Hall–Kier alpha value is -4.50. The fraction of sp³-hybridized carbons (Fsp3) is 0.490. The molecule has 0 N–H and O–H groups in total. The Labute approximate surface area is 396 Å². The number of hydrogen-bond acceptors (Lipinski definition) is 0. The minimum absolute atomic E-state index is 0.262. The van der Waals surface area contributed by atoms with E-state index in [4.69, 9.17) is 0 Å². The highest BCUT2D eigenvalue weighted by atomic mass is 28.3. The summed E-state index contributed by atoms with van der Waals surface area (Å²) in [5.74, 6) is -37.4. The van der Waals surface area contributed by atoms with Crippen molar-refractivity contribution in [2.75, 3.05) is 0 Å². The first kappa shape index (κ1) is 56.4. The van der Waals surface area contributed by atoms with Gasteiger partial charge in [0.05, 0.1) is 0 Å². The Kier molecular flexibility index (Phi) is 15.2. The van der Waals surface area contributed by atoms with Gasteiger partial charge in [0.25, 0.3) is 0 Å². The number of alkyl halides is 17. The van der Waals surface area contributed by atoms with Gasteiger partial charge in [0.15, 0.2) is 0 Å². The molecule has 0 saturated carbocycles. The van der Waals surface area contributed by atoms with Crippen LogP contribution in [0.25, 0.3) is 43.1 Å². The van der Waals surface area contributed by atoms with Gasteiger partial charge in [0.1, 0.15) is 16.1 Å². The van der Waals surface area contributed by atoms with Crippen LogP contribution in [0, 0.1) is 22.9 Å². The molecule has 0 bridgehead atoms. The zero-order valence-corrected chi connectivity index (χ0v) is 41.5. The van der Waals surface area contributed by atoms with Crippen LogP contribution in [0.2, 0.25) is 34.3 Å². The molecule has 19 heteroatoms. The maximum atomic E-state index is 15.4. The zero-order chi connectivity index (χ0) is 53.2. The largest absolute Gasteiger partial charge is 0.460 e. The topological polar surface area (TPSA) is 0 Å². The Morgan fingerprint density at radius 1 is 0.400 bits per heavy atom. The minimum atomic E-state index is -7.07. The van der Waals surface area contributed by atoms with Gasteiger partial charge in [-0.15, -0.1) is 11.1 Å². The van der Waals surface area contributed by atoms with Crippen LogP contribution in [0.5, 0.6) is 0 Å². The van der Waals surface area contributed by atoms with E-state index in [1.54, 1.807) is 128 Å². The molecule has 0 fully saturated rings. The van der Waals surface area contributed by atoms with Gasteiger partial charge in [0.2, 0.25) is 0 Å². The van der Waals surface area contributed by atoms with Crippen LogP contribution < -0.4 is 0 Å². The molecule has 5 aromatic rings. The molecule has 0 aromatic heterocycles. The molecule has 0 radical (unpaired) electrons. The van der Waals surface area contributed by atoms with Gasteiger partial charge in [0, 0.05) is 30.9 Å². The molecule has 5 aromatic carbocycles. The maximum Gasteiger partial charge on any atom is 0.460 e. The lowest BCUT2D eigenvalue weighted by Crippen LogP contribution is -2.61. The third-order valence-electron chi connectivity index (χ3n) is 14.1.